The van der Waals surface area contributed by atoms with Crippen LogP contribution in [0.5, 0.6) is 0 Å². The second-order valence-electron chi connectivity index (χ2n) is 7.89. The first-order valence-electron chi connectivity index (χ1n) is 8.97. The van der Waals surface area contributed by atoms with Crippen LogP contribution < -0.4 is 5.32 Å². The number of nitrogens with zero attached hydrogens (tertiary/aromatic N) is 1. The van der Waals surface area contributed by atoms with Crippen molar-refractivity contribution in [3.05, 3.63) is 47.2 Å². The average molecular weight is 334 g/mol. The molecule has 1 heterocycles. The molecular formula is C20H28F2N2. The Hall–Kier alpha value is -1.42. The zero-order valence-electron chi connectivity index (χ0n) is 14.8. The lowest BCUT2D eigenvalue weighted by molar-refractivity contribution is 0.228. The van der Waals surface area contributed by atoms with Crippen molar-refractivity contribution in [1.82, 2.24) is 10.2 Å². The maximum atomic E-state index is 13.4. The highest BCUT2D eigenvalue weighted by Gasteiger charge is 2.38. The largest absolute Gasteiger partial charge is 0.375 e. The van der Waals surface area contributed by atoms with Gasteiger partial charge in [-0.05, 0) is 67.7 Å². The van der Waals surface area contributed by atoms with E-state index in [1.807, 2.05) is 6.92 Å². The van der Waals surface area contributed by atoms with Gasteiger partial charge in [-0.3, -0.25) is 0 Å². The van der Waals surface area contributed by atoms with E-state index in [0.717, 1.165) is 43.5 Å². The van der Waals surface area contributed by atoms with Crippen molar-refractivity contribution in [3.63, 3.8) is 0 Å². The molecule has 0 unspecified atom stereocenters. The molecule has 132 valence electrons. The Labute approximate surface area is 143 Å². The van der Waals surface area contributed by atoms with E-state index < -0.39 is 11.6 Å². The van der Waals surface area contributed by atoms with Gasteiger partial charge < -0.3 is 10.2 Å². The number of hydrogen-bond donors (Lipinski definition) is 1. The van der Waals surface area contributed by atoms with E-state index in [2.05, 4.69) is 23.7 Å². The highest BCUT2D eigenvalue weighted by atomic mass is 19.2. The van der Waals surface area contributed by atoms with Crippen molar-refractivity contribution in [1.29, 1.82) is 0 Å². The third kappa shape index (κ3) is 4.15. The molecule has 0 aromatic heterocycles. The van der Waals surface area contributed by atoms with Gasteiger partial charge in [0.15, 0.2) is 11.6 Å². The Bertz CT molecular complexity index is 614. The standard InChI is InChI=1S/C20H28F2N2/c1-14-10-18(21)19(22)11-16(14)13-23-17-4-8-24(9-5-17)15(2)12-20(3)6-7-20/h10-11,17,23H,2,4-9,12-13H2,1,3H3. The fourth-order valence-corrected chi connectivity index (χ4v) is 3.53. The third-order valence-electron chi connectivity index (χ3n) is 5.64. The molecule has 4 heteroatoms. The van der Waals surface area contributed by atoms with Crippen molar-refractivity contribution >= 4 is 0 Å². The van der Waals surface area contributed by atoms with Gasteiger partial charge in [-0.25, -0.2) is 8.78 Å². The summed E-state index contributed by atoms with van der Waals surface area (Å²) < 4.78 is 26.6. The molecule has 2 nitrogen and oxygen atoms in total. The first kappa shape index (κ1) is 17.4. The molecule has 0 bridgehead atoms. The second-order valence-corrected chi connectivity index (χ2v) is 7.89. The van der Waals surface area contributed by atoms with Crippen LogP contribution in [0, 0.1) is 24.0 Å². The number of likely N-dealkylation sites (tertiary alicyclic amines) is 1. The molecule has 0 atom stereocenters. The number of aryl methyl sites for hydroxylation is 1. The van der Waals surface area contributed by atoms with Crippen LogP contribution in [0.25, 0.3) is 0 Å². The highest BCUT2D eigenvalue weighted by Crippen LogP contribution is 2.50. The summed E-state index contributed by atoms with van der Waals surface area (Å²) in [5, 5.41) is 3.50. The van der Waals surface area contributed by atoms with Gasteiger partial charge in [0.05, 0.1) is 0 Å². The normalized spacial score (nSPS) is 20.2. The van der Waals surface area contributed by atoms with Gasteiger partial charge in [-0.15, -0.1) is 0 Å². The molecule has 1 aromatic rings. The molecule has 0 amide bonds. The van der Waals surface area contributed by atoms with Crippen LogP contribution >= 0.6 is 0 Å². The Morgan fingerprint density at radius 1 is 1.25 bits per heavy atom. The molecule has 0 spiro atoms. The quantitative estimate of drug-likeness (QED) is 0.822. The summed E-state index contributed by atoms with van der Waals surface area (Å²) in [5.41, 5.74) is 3.42. The molecule has 3 rings (SSSR count). The van der Waals surface area contributed by atoms with Crippen LogP contribution in [0.3, 0.4) is 0 Å². The van der Waals surface area contributed by atoms with Gasteiger partial charge in [0, 0.05) is 31.4 Å². The maximum absolute atomic E-state index is 13.4. The number of piperidine rings is 1. The smallest absolute Gasteiger partial charge is 0.159 e. The van der Waals surface area contributed by atoms with Crippen LogP contribution in [0.2, 0.25) is 0 Å². The van der Waals surface area contributed by atoms with Crippen molar-refractivity contribution in [3.8, 4) is 0 Å². The van der Waals surface area contributed by atoms with Gasteiger partial charge in [0.1, 0.15) is 0 Å². The summed E-state index contributed by atoms with van der Waals surface area (Å²) in [4.78, 5) is 2.42. The minimum absolute atomic E-state index is 0.429. The number of nitrogens with one attached hydrogen (secondary N) is 1. The van der Waals surface area contributed by atoms with E-state index >= 15 is 0 Å². The van der Waals surface area contributed by atoms with E-state index in [9.17, 15) is 8.78 Å². The van der Waals surface area contributed by atoms with Gasteiger partial charge in [-0.1, -0.05) is 13.5 Å². The van der Waals surface area contributed by atoms with E-state index in [1.165, 1.54) is 30.7 Å². The van der Waals surface area contributed by atoms with Gasteiger partial charge in [-0.2, -0.15) is 0 Å². The van der Waals surface area contributed by atoms with Crippen molar-refractivity contribution in [2.24, 2.45) is 5.41 Å². The second kappa shape index (κ2) is 6.83. The lowest BCUT2D eigenvalue weighted by atomic mass is 9.99. The fourth-order valence-electron chi connectivity index (χ4n) is 3.53. The Morgan fingerprint density at radius 3 is 2.50 bits per heavy atom. The number of halogens is 2. The third-order valence-corrected chi connectivity index (χ3v) is 5.64. The molecule has 2 aliphatic rings. The summed E-state index contributed by atoms with van der Waals surface area (Å²) in [5.74, 6) is -1.54. The van der Waals surface area contributed by atoms with E-state index in [4.69, 9.17) is 0 Å². The number of rotatable bonds is 6. The lowest BCUT2D eigenvalue weighted by Gasteiger charge is -2.36. The summed E-state index contributed by atoms with van der Waals surface area (Å²) >= 11 is 0. The van der Waals surface area contributed by atoms with Gasteiger partial charge in [0.2, 0.25) is 0 Å². The van der Waals surface area contributed by atoms with E-state index in [1.54, 1.807) is 0 Å². The zero-order valence-corrected chi connectivity index (χ0v) is 14.8. The first-order valence-corrected chi connectivity index (χ1v) is 8.97. The molecule has 1 saturated heterocycles. The molecule has 0 radical (unpaired) electrons. The van der Waals surface area contributed by atoms with Gasteiger partial charge >= 0.3 is 0 Å². The van der Waals surface area contributed by atoms with Crippen molar-refractivity contribution in [2.75, 3.05) is 13.1 Å². The predicted molar refractivity (Wildman–Crippen MR) is 93.6 cm³/mol. The average Bonchev–Trinajstić information content (AvgIpc) is 3.27. The first-order chi connectivity index (χ1) is 11.4. The summed E-state index contributed by atoms with van der Waals surface area (Å²) in [7, 11) is 0. The van der Waals surface area contributed by atoms with Gasteiger partial charge in [0.25, 0.3) is 0 Å². The predicted octanol–water partition coefficient (Wildman–Crippen LogP) is 4.53. The molecule has 1 aliphatic heterocycles. The van der Waals surface area contributed by atoms with Crippen LogP contribution in [0.1, 0.15) is 50.2 Å². The molecule has 24 heavy (non-hydrogen) atoms. The monoisotopic (exact) mass is 334 g/mol. The van der Waals surface area contributed by atoms with Crippen LogP contribution in [-0.4, -0.2) is 24.0 Å². The Morgan fingerprint density at radius 2 is 1.88 bits per heavy atom. The SMILES string of the molecule is C=C(CC1(C)CC1)N1CCC(NCc2cc(F)c(F)cc2C)CC1. The summed E-state index contributed by atoms with van der Waals surface area (Å²) in [6.07, 6.45) is 5.92. The molecular weight excluding hydrogens is 306 g/mol. The van der Waals surface area contributed by atoms with E-state index in [0.29, 0.717) is 18.0 Å². The molecule has 1 N–H and O–H groups in total. The van der Waals surface area contributed by atoms with Crippen molar-refractivity contribution < 1.29 is 8.78 Å². The number of benzene rings is 1. The molecule has 1 aliphatic carbocycles. The zero-order chi connectivity index (χ0) is 17.3. The van der Waals surface area contributed by atoms with Crippen molar-refractivity contribution in [2.45, 2.75) is 58.5 Å². The maximum Gasteiger partial charge on any atom is 0.159 e. The summed E-state index contributed by atoms with van der Waals surface area (Å²) in [6.45, 7) is 11.1. The lowest BCUT2D eigenvalue weighted by Crippen LogP contribution is -2.42. The minimum atomic E-state index is -0.771. The minimum Gasteiger partial charge on any atom is -0.375 e. The topological polar surface area (TPSA) is 15.3 Å². The molecule has 1 aromatic carbocycles. The highest BCUT2D eigenvalue weighted by molar-refractivity contribution is 5.27. The Balaban J connectivity index is 1.45. The Kier molecular flexibility index (Phi) is 4.95. The molecule has 1 saturated carbocycles. The van der Waals surface area contributed by atoms with E-state index in [-0.39, 0.29) is 0 Å². The number of hydrogen-bond acceptors (Lipinski definition) is 2. The fraction of sp³-hybridized carbons (Fsp3) is 0.600. The molecule has 2 fully saturated rings. The van der Waals surface area contributed by atoms with Crippen LogP contribution in [-0.2, 0) is 6.54 Å². The van der Waals surface area contributed by atoms with Crippen LogP contribution in [0.15, 0.2) is 24.4 Å². The van der Waals surface area contributed by atoms with Crippen LogP contribution in [0.4, 0.5) is 8.78 Å². The number of allylic oxidation sites excluding steroid dienone is 1. The summed E-state index contributed by atoms with van der Waals surface area (Å²) in [6, 6.07) is 3.01.